The lowest BCUT2D eigenvalue weighted by atomic mass is 10.1. The quantitative estimate of drug-likeness (QED) is 0.319. The van der Waals surface area contributed by atoms with Gasteiger partial charge in [0.2, 0.25) is 0 Å². The summed E-state index contributed by atoms with van der Waals surface area (Å²) < 4.78 is 3.45. The molecule has 0 aliphatic heterocycles. The van der Waals surface area contributed by atoms with Crippen LogP contribution in [0.15, 0.2) is 78.6 Å². The van der Waals surface area contributed by atoms with Crippen molar-refractivity contribution in [3.8, 4) is 0 Å². The molecule has 0 bridgehead atoms. The van der Waals surface area contributed by atoms with E-state index in [1.165, 1.54) is 0 Å². The third-order valence-corrected chi connectivity index (χ3v) is 7.50. The summed E-state index contributed by atoms with van der Waals surface area (Å²) in [5.74, 6) is -0.592. The first-order valence-electron chi connectivity index (χ1n) is 7.96. The number of carbonyl (C=O) groups is 2. The highest BCUT2D eigenvalue weighted by atomic mass is 79.9. The number of anilines is 2. The van der Waals surface area contributed by atoms with Crippen molar-refractivity contribution >= 4 is 86.9 Å². The summed E-state index contributed by atoms with van der Waals surface area (Å²) in [5, 5.41) is 5.65. The molecule has 0 spiro atoms. The van der Waals surface area contributed by atoms with Crippen LogP contribution < -0.4 is 10.6 Å². The number of rotatable bonds is 4. The van der Waals surface area contributed by atoms with Crippen LogP contribution in [0.4, 0.5) is 11.4 Å². The SMILES string of the molecule is O=C(Nc1ccc(Br)c(Br)c1)c1cccc(C(=O)Nc2ccc(Br)c(Br)c2)c1. The fraction of sp³-hybridized carbons (Fsp3) is 0. The fourth-order valence-corrected chi connectivity index (χ4v) is 3.61. The van der Waals surface area contributed by atoms with E-state index in [2.05, 4.69) is 74.4 Å². The molecule has 28 heavy (non-hydrogen) atoms. The first kappa shape index (κ1) is 21.2. The minimum atomic E-state index is -0.296. The molecular formula is C20H12Br4N2O2. The molecule has 2 amide bonds. The molecule has 3 rings (SSSR count). The van der Waals surface area contributed by atoms with E-state index < -0.39 is 0 Å². The molecule has 0 unspecified atom stereocenters. The van der Waals surface area contributed by atoms with Crippen LogP contribution >= 0.6 is 63.7 Å². The zero-order chi connectivity index (χ0) is 20.3. The van der Waals surface area contributed by atoms with Gasteiger partial charge in [0.05, 0.1) is 0 Å². The molecule has 0 aromatic heterocycles. The molecule has 3 aromatic rings. The van der Waals surface area contributed by atoms with Crippen LogP contribution in [0.2, 0.25) is 0 Å². The molecule has 0 radical (unpaired) electrons. The summed E-state index contributed by atoms with van der Waals surface area (Å²) in [4.78, 5) is 25.1. The average molecular weight is 632 g/mol. The maximum absolute atomic E-state index is 12.5. The highest BCUT2D eigenvalue weighted by Crippen LogP contribution is 2.27. The van der Waals surface area contributed by atoms with E-state index in [1.807, 2.05) is 12.1 Å². The molecule has 0 atom stereocenters. The summed E-state index contributed by atoms with van der Waals surface area (Å²) >= 11 is 13.6. The van der Waals surface area contributed by atoms with Crippen molar-refractivity contribution in [2.24, 2.45) is 0 Å². The second-order valence-corrected chi connectivity index (χ2v) is 9.16. The number of hydrogen-bond acceptors (Lipinski definition) is 2. The monoisotopic (exact) mass is 628 g/mol. The second kappa shape index (κ2) is 9.35. The van der Waals surface area contributed by atoms with Crippen LogP contribution in [0.1, 0.15) is 20.7 Å². The Morgan fingerprint density at radius 1 is 0.571 bits per heavy atom. The molecule has 0 heterocycles. The van der Waals surface area contributed by atoms with Gasteiger partial charge < -0.3 is 10.6 Å². The second-order valence-electron chi connectivity index (χ2n) is 5.75. The molecule has 0 saturated heterocycles. The van der Waals surface area contributed by atoms with E-state index in [9.17, 15) is 9.59 Å². The largest absolute Gasteiger partial charge is 0.322 e. The smallest absolute Gasteiger partial charge is 0.255 e. The molecule has 142 valence electrons. The standard InChI is InChI=1S/C20H12Br4N2O2/c21-15-6-4-13(9-17(15)23)25-19(27)11-2-1-3-12(8-11)20(28)26-14-5-7-16(22)18(24)10-14/h1-10H,(H,25,27)(H,26,28). The van der Waals surface area contributed by atoms with Crippen LogP contribution in [0, 0.1) is 0 Å². The van der Waals surface area contributed by atoms with Crippen molar-refractivity contribution in [1.29, 1.82) is 0 Å². The Kier molecular flexibility index (Phi) is 7.09. The van der Waals surface area contributed by atoms with Crippen LogP contribution in [-0.4, -0.2) is 11.8 Å². The van der Waals surface area contributed by atoms with Gasteiger partial charge in [-0.3, -0.25) is 9.59 Å². The van der Waals surface area contributed by atoms with E-state index in [0.29, 0.717) is 22.5 Å². The van der Waals surface area contributed by atoms with Gasteiger partial charge in [-0.2, -0.15) is 0 Å². The zero-order valence-electron chi connectivity index (χ0n) is 14.1. The Morgan fingerprint density at radius 2 is 1.00 bits per heavy atom. The summed E-state index contributed by atoms with van der Waals surface area (Å²) in [5.41, 5.74) is 2.08. The van der Waals surface area contributed by atoms with Gasteiger partial charge in [0.25, 0.3) is 11.8 Å². The Balaban J connectivity index is 1.75. The van der Waals surface area contributed by atoms with Gasteiger partial charge in [-0.15, -0.1) is 0 Å². The predicted molar refractivity (Wildman–Crippen MR) is 126 cm³/mol. The number of hydrogen-bond donors (Lipinski definition) is 2. The molecule has 3 aromatic carbocycles. The topological polar surface area (TPSA) is 58.2 Å². The number of benzene rings is 3. The van der Waals surface area contributed by atoms with Gasteiger partial charge in [0.1, 0.15) is 0 Å². The molecular weight excluding hydrogens is 620 g/mol. The third kappa shape index (κ3) is 5.31. The number of amides is 2. The maximum Gasteiger partial charge on any atom is 0.255 e. The van der Waals surface area contributed by atoms with Gasteiger partial charge in [-0.05, 0) is 118 Å². The molecule has 2 N–H and O–H groups in total. The lowest BCUT2D eigenvalue weighted by Crippen LogP contribution is -2.15. The highest BCUT2D eigenvalue weighted by Gasteiger charge is 2.12. The molecule has 0 aliphatic carbocycles. The Hall–Kier alpha value is -1.48. The molecule has 8 heteroatoms. The maximum atomic E-state index is 12.5. The Morgan fingerprint density at radius 3 is 1.39 bits per heavy atom. The van der Waals surface area contributed by atoms with Gasteiger partial charge in [0.15, 0.2) is 0 Å². The van der Waals surface area contributed by atoms with Crippen molar-refractivity contribution in [2.45, 2.75) is 0 Å². The first-order chi connectivity index (χ1) is 13.3. The number of halogens is 4. The predicted octanol–water partition coefficient (Wildman–Crippen LogP) is 7.24. The van der Waals surface area contributed by atoms with Crippen molar-refractivity contribution in [1.82, 2.24) is 0 Å². The van der Waals surface area contributed by atoms with Crippen molar-refractivity contribution in [2.75, 3.05) is 10.6 Å². The van der Waals surface area contributed by atoms with E-state index in [0.717, 1.165) is 17.9 Å². The van der Waals surface area contributed by atoms with E-state index in [-0.39, 0.29) is 11.8 Å². The van der Waals surface area contributed by atoms with Crippen LogP contribution in [0.3, 0.4) is 0 Å². The minimum Gasteiger partial charge on any atom is -0.322 e. The minimum absolute atomic E-state index is 0.296. The Labute approximate surface area is 195 Å². The fourth-order valence-electron chi connectivity index (χ4n) is 2.36. The summed E-state index contributed by atoms with van der Waals surface area (Å²) in [6, 6.07) is 17.4. The lowest BCUT2D eigenvalue weighted by Gasteiger charge is -2.09. The van der Waals surface area contributed by atoms with E-state index in [1.54, 1.807) is 48.5 Å². The van der Waals surface area contributed by atoms with Gasteiger partial charge in [-0.25, -0.2) is 0 Å². The van der Waals surface area contributed by atoms with Crippen molar-refractivity contribution < 1.29 is 9.59 Å². The summed E-state index contributed by atoms with van der Waals surface area (Å²) in [7, 11) is 0. The molecule has 0 fully saturated rings. The average Bonchev–Trinajstić information content (AvgIpc) is 2.67. The highest BCUT2D eigenvalue weighted by molar-refractivity contribution is 9.13. The molecule has 0 saturated carbocycles. The summed E-state index contributed by atoms with van der Waals surface area (Å²) in [6.07, 6.45) is 0. The zero-order valence-corrected chi connectivity index (χ0v) is 20.4. The van der Waals surface area contributed by atoms with Gasteiger partial charge in [0, 0.05) is 40.4 Å². The normalized spacial score (nSPS) is 10.4. The summed E-state index contributed by atoms with van der Waals surface area (Å²) in [6.45, 7) is 0. The van der Waals surface area contributed by atoms with E-state index >= 15 is 0 Å². The molecule has 0 aliphatic rings. The van der Waals surface area contributed by atoms with Gasteiger partial charge >= 0.3 is 0 Å². The van der Waals surface area contributed by atoms with Gasteiger partial charge in [-0.1, -0.05) is 6.07 Å². The molecule has 4 nitrogen and oxygen atoms in total. The van der Waals surface area contributed by atoms with Crippen LogP contribution in [0.5, 0.6) is 0 Å². The van der Waals surface area contributed by atoms with Crippen molar-refractivity contribution in [3.63, 3.8) is 0 Å². The van der Waals surface area contributed by atoms with Crippen LogP contribution in [-0.2, 0) is 0 Å². The first-order valence-corrected chi connectivity index (χ1v) is 11.1. The number of carbonyl (C=O) groups excluding carboxylic acids is 2. The third-order valence-electron chi connectivity index (χ3n) is 3.74. The van der Waals surface area contributed by atoms with Crippen molar-refractivity contribution in [3.05, 3.63) is 89.7 Å². The Bertz CT molecular complexity index is 989. The number of nitrogens with one attached hydrogen (secondary N) is 2. The van der Waals surface area contributed by atoms with Crippen LogP contribution in [0.25, 0.3) is 0 Å². The lowest BCUT2D eigenvalue weighted by molar-refractivity contribution is 0.102. The van der Waals surface area contributed by atoms with E-state index in [4.69, 9.17) is 0 Å².